The van der Waals surface area contributed by atoms with Crippen LogP contribution in [-0.4, -0.2) is 53.7 Å². The topological polar surface area (TPSA) is 76.5 Å². The smallest absolute Gasteiger partial charge is 0.278 e. The number of para-hydroxylation sites is 1. The number of nitrogens with zero attached hydrogens (tertiary/aromatic N) is 3. The molecule has 1 N–H and O–H groups in total. The van der Waals surface area contributed by atoms with Crippen molar-refractivity contribution in [3.8, 4) is 11.4 Å². The van der Waals surface area contributed by atoms with Crippen molar-refractivity contribution >= 4 is 11.8 Å². The van der Waals surface area contributed by atoms with Crippen molar-refractivity contribution in [2.24, 2.45) is 5.92 Å². The van der Waals surface area contributed by atoms with Crippen LogP contribution in [0.15, 0.2) is 36.5 Å². The lowest BCUT2D eigenvalue weighted by Crippen LogP contribution is -2.42. The number of piperidine rings is 1. The fourth-order valence-corrected chi connectivity index (χ4v) is 3.07. The molecule has 1 saturated heterocycles. The second-order valence-corrected chi connectivity index (χ2v) is 6.01. The van der Waals surface area contributed by atoms with Crippen LogP contribution in [0, 0.1) is 5.92 Å². The second-order valence-electron chi connectivity index (χ2n) is 6.01. The molecule has 0 spiro atoms. The van der Waals surface area contributed by atoms with Crippen LogP contribution in [0.1, 0.15) is 23.3 Å². The minimum Gasteiger partial charge on any atom is -0.493 e. The van der Waals surface area contributed by atoms with E-state index in [9.17, 15) is 9.59 Å². The van der Waals surface area contributed by atoms with E-state index in [1.165, 1.54) is 7.11 Å². The number of carbonyl (C=O) groups excluding carboxylic acids is 2. The zero-order valence-corrected chi connectivity index (χ0v) is 14.4. The van der Waals surface area contributed by atoms with Gasteiger partial charge in [-0.2, -0.15) is 5.10 Å². The summed E-state index contributed by atoms with van der Waals surface area (Å²) in [6, 6.07) is 9.57. The first-order valence-corrected chi connectivity index (χ1v) is 8.34. The highest BCUT2D eigenvalue weighted by molar-refractivity contribution is 5.95. The van der Waals surface area contributed by atoms with Crippen LogP contribution in [0.25, 0.3) is 5.69 Å². The molecule has 1 aromatic carbocycles. The van der Waals surface area contributed by atoms with Crippen molar-refractivity contribution in [1.29, 1.82) is 0 Å². The predicted octanol–water partition coefficient (Wildman–Crippen LogP) is 1.48. The average molecular weight is 342 g/mol. The van der Waals surface area contributed by atoms with Crippen LogP contribution >= 0.6 is 0 Å². The number of ether oxygens (including phenoxy) is 1. The Morgan fingerprint density at radius 3 is 2.48 bits per heavy atom. The van der Waals surface area contributed by atoms with Gasteiger partial charge in [0.2, 0.25) is 5.91 Å². The summed E-state index contributed by atoms with van der Waals surface area (Å²) in [5.74, 6) is 0.292. The van der Waals surface area contributed by atoms with E-state index in [1.54, 1.807) is 22.8 Å². The third kappa shape index (κ3) is 3.50. The molecular weight excluding hydrogens is 320 g/mol. The minimum absolute atomic E-state index is 0.0298. The zero-order chi connectivity index (χ0) is 17.8. The Balaban J connectivity index is 1.76. The number of methoxy groups -OCH3 is 1. The number of benzene rings is 1. The number of carbonyl (C=O) groups is 2. The van der Waals surface area contributed by atoms with Crippen LogP contribution in [0.2, 0.25) is 0 Å². The molecule has 2 heterocycles. The van der Waals surface area contributed by atoms with Crippen molar-refractivity contribution in [3.05, 3.63) is 42.2 Å². The number of hydrogen-bond donors (Lipinski definition) is 1. The molecule has 0 atom stereocenters. The van der Waals surface area contributed by atoms with Gasteiger partial charge >= 0.3 is 0 Å². The maximum Gasteiger partial charge on any atom is 0.278 e. The van der Waals surface area contributed by atoms with Crippen LogP contribution in [0.4, 0.5) is 0 Å². The molecule has 7 heteroatoms. The van der Waals surface area contributed by atoms with Gasteiger partial charge in [-0.25, -0.2) is 4.68 Å². The molecule has 3 rings (SSSR count). The normalized spacial score (nSPS) is 15.0. The molecule has 1 aliphatic rings. The third-order valence-corrected chi connectivity index (χ3v) is 4.52. The maximum atomic E-state index is 12.8. The molecule has 1 aromatic heterocycles. The van der Waals surface area contributed by atoms with Gasteiger partial charge in [-0.05, 0) is 25.0 Å². The third-order valence-electron chi connectivity index (χ3n) is 4.52. The molecule has 132 valence electrons. The molecule has 0 bridgehead atoms. The van der Waals surface area contributed by atoms with Crippen molar-refractivity contribution in [2.45, 2.75) is 12.8 Å². The number of nitrogens with one attached hydrogen (secondary N) is 1. The standard InChI is InChI=1S/C18H22N4O3/c1-19-17(23)13-8-10-21(11-9-13)18(24)16-15(25-2)12-22(20-16)14-6-4-3-5-7-14/h3-7,12-13H,8-11H2,1-2H3,(H,19,23). The molecule has 0 saturated carbocycles. The molecule has 25 heavy (non-hydrogen) atoms. The Hall–Kier alpha value is -2.83. The Kier molecular flexibility index (Phi) is 5.02. The van der Waals surface area contributed by atoms with Crippen LogP contribution in [0.5, 0.6) is 5.75 Å². The summed E-state index contributed by atoms with van der Waals surface area (Å²) in [5, 5.41) is 7.09. The highest BCUT2D eigenvalue weighted by Crippen LogP contribution is 2.24. The zero-order valence-electron chi connectivity index (χ0n) is 14.4. The van der Waals surface area contributed by atoms with Crippen LogP contribution in [-0.2, 0) is 4.79 Å². The summed E-state index contributed by atoms with van der Waals surface area (Å²) in [6.45, 7) is 1.08. The Morgan fingerprint density at radius 2 is 1.88 bits per heavy atom. The molecule has 2 aromatic rings. The maximum absolute atomic E-state index is 12.8. The van der Waals surface area contributed by atoms with Gasteiger partial charge in [-0.15, -0.1) is 0 Å². The average Bonchev–Trinajstić information content (AvgIpc) is 3.12. The van der Waals surface area contributed by atoms with Gasteiger partial charge in [-0.1, -0.05) is 18.2 Å². The van der Waals surface area contributed by atoms with Gasteiger partial charge in [0.25, 0.3) is 5.91 Å². The fourth-order valence-electron chi connectivity index (χ4n) is 3.07. The second kappa shape index (κ2) is 7.38. The fraction of sp³-hybridized carbons (Fsp3) is 0.389. The summed E-state index contributed by atoms with van der Waals surface area (Å²) < 4.78 is 6.98. The Labute approximate surface area is 146 Å². The van der Waals surface area contributed by atoms with Crippen molar-refractivity contribution < 1.29 is 14.3 Å². The van der Waals surface area contributed by atoms with E-state index in [-0.39, 0.29) is 17.7 Å². The van der Waals surface area contributed by atoms with Crippen molar-refractivity contribution in [3.63, 3.8) is 0 Å². The molecule has 0 aliphatic carbocycles. The first kappa shape index (κ1) is 17.0. The Bertz CT molecular complexity index is 749. The molecule has 1 aliphatic heterocycles. The van der Waals surface area contributed by atoms with Crippen molar-refractivity contribution in [1.82, 2.24) is 20.0 Å². The van der Waals surface area contributed by atoms with E-state index >= 15 is 0 Å². The van der Waals surface area contributed by atoms with Gasteiger partial charge in [0.05, 0.1) is 19.0 Å². The lowest BCUT2D eigenvalue weighted by Gasteiger charge is -2.30. The number of likely N-dealkylation sites (tertiary alicyclic amines) is 1. The van der Waals surface area contributed by atoms with E-state index < -0.39 is 0 Å². The van der Waals surface area contributed by atoms with E-state index in [2.05, 4.69) is 10.4 Å². The molecule has 2 amide bonds. The monoisotopic (exact) mass is 342 g/mol. The quantitative estimate of drug-likeness (QED) is 0.913. The summed E-state index contributed by atoms with van der Waals surface area (Å²) in [6.07, 6.45) is 3.03. The highest BCUT2D eigenvalue weighted by atomic mass is 16.5. The van der Waals surface area contributed by atoms with Crippen LogP contribution in [0.3, 0.4) is 0 Å². The summed E-state index contributed by atoms with van der Waals surface area (Å²) in [7, 11) is 3.17. The molecular formula is C18H22N4O3. The molecule has 0 radical (unpaired) electrons. The van der Waals surface area contributed by atoms with E-state index in [4.69, 9.17) is 4.74 Å². The number of rotatable bonds is 4. The number of amides is 2. The lowest BCUT2D eigenvalue weighted by molar-refractivity contribution is -0.125. The molecule has 7 nitrogen and oxygen atoms in total. The summed E-state index contributed by atoms with van der Waals surface area (Å²) >= 11 is 0. The minimum atomic E-state index is -0.165. The van der Waals surface area contributed by atoms with Crippen molar-refractivity contribution in [2.75, 3.05) is 27.2 Å². The van der Waals surface area contributed by atoms with E-state index in [0.717, 1.165) is 5.69 Å². The van der Waals surface area contributed by atoms with Gasteiger partial charge in [-0.3, -0.25) is 9.59 Å². The van der Waals surface area contributed by atoms with Gasteiger partial charge in [0, 0.05) is 26.1 Å². The first-order valence-electron chi connectivity index (χ1n) is 8.34. The van der Waals surface area contributed by atoms with E-state index in [0.29, 0.717) is 37.4 Å². The largest absolute Gasteiger partial charge is 0.493 e. The molecule has 0 unspecified atom stereocenters. The van der Waals surface area contributed by atoms with Gasteiger partial charge in [0.15, 0.2) is 11.4 Å². The van der Waals surface area contributed by atoms with E-state index in [1.807, 2.05) is 30.3 Å². The molecule has 1 fully saturated rings. The van der Waals surface area contributed by atoms with Crippen LogP contribution < -0.4 is 10.1 Å². The summed E-state index contributed by atoms with van der Waals surface area (Å²) in [5.41, 5.74) is 1.16. The summed E-state index contributed by atoms with van der Waals surface area (Å²) in [4.78, 5) is 26.3. The SMILES string of the molecule is CNC(=O)C1CCN(C(=O)c2nn(-c3ccccc3)cc2OC)CC1. The van der Waals surface area contributed by atoms with Gasteiger partial charge < -0.3 is 15.0 Å². The predicted molar refractivity (Wildman–Crippen MR) is 92.8 cm³/mol. The number of hydrogen-bond acceptors (Lipinski definition) is 4. The lowest BCUT2D eigenvalue weighted by atomic mass is 9.96. The number of aromatic nitrogens is 2. The van der Waals surface area contributed by atoms with Gasteiger partial charge in [0.1, 0.15) is 0 Å². The first-order chi connectivity index (χ1) is 12.1. The highest BCUT2D eigenvalue weighted by Gasteiger charge is 2.30. The Morgan fingerprint density at radius 1 is 1.20 bits per heavy atom.